The van der Waals surface area contributed by atoms with E-state index in [0.29, 0.717) is 21.8 Å². The van der Waals surface area contributed by atoms with E-state index >= 15 is 0 Å². The molecule has 25 heavy (non-hydrogen) atoms. The van der Waals surface area contributed by atoms with Crippen LogP contribution in [0.25, 0.3) is 0 Å². The second-order valence-electron chi connectivity index (χ2n) is 7.13. The lowest BCUT2D eigenvalue weighted by Crippen LogP contribution is -2.67. The first-order valence-corrected chi connectivity index (χ1v) is 9.33. The van der Waals surface area contributed by atoms with Crippen molar-refractivity contribution in [2.24, 2.45) is 0 Å². The maximum atomic E-state index is 12.9. The largest absolute Gasteiger partial charge is 0.324 e. The summed E-state index contributed by atoms with van der Waals surface area (Å²) in [6, 6.07) is 14.2. The Hall–Kier alpha value is -1.55. The molecule has 1 amide bonds. The standard InChI is InChI=1S/C20H20Cl2N2O/c1-20(19(25)23-15-6-7-17(21)18(22)12-15)8-9-24(20)16-10-13-4-2-3-5-14(13)11-16/h2-7,12,16H,8-11H2,1H3,(H,23,25). The number of amides is 1. The maximum absolute atomic E-state index is 12.9. The fourth-order valence-electron chi connectivity index (χ4n) is 4.00. The molecule has 1 unspecified atom stereocenters. The van der Waals surface area contributed by atoms with Crippen LogP contribution < -0.4 is 5.32 Å². The predicted molar refractivity (Wildman–Crippen MR) is 102 cm³/mol. The molecular weight excluding hydrogens is 355 g/mol. The molecule has 3 nitrogen and oxygen atoms in total. The summed E-state index contributed by atoms with van der Waals surface area (Å²) in [6.45, 7) is 3.00. The van der Waals surface area contributed by atoms with Crippen LogP contribution >= 0.6 is 23.2 Å². The molecule has 0 spiro atoms. The van der Waals surface area contributed by atoms with Crippen LogP contribution in [-0.4, -0.2) is 28.9 Å². The summed E-state index contributed by atoms with van der Waals surface area (Å²) in [5.74, 6) is 0.0214. The number of nitrogens with one attached hydrogen (secondary N) is 1. The predicted octanol–water partition coefficient (Wildman–Crippen LogP) is 4.56. The maximum Gasteiger partial charge on any atom is 0.244 e. The van der Waals surface area contributed by atoms with Gasteiger partial charge < -0.3 is 5.32 Å². The number of carbonyl (C=O) groups is 1. The Morgan fingerprint density at radius 1 is 1.12 bits per heavy atom. The summed E-state index contributed by atoms with van der Waals surface area (Å²) in [6.07, 6.45) is 2.91. The number of rotatable bonds is 3. The summed E-state index contributed by atoms with van der Waals surface area (Å²) in [4.78, 5) is 15.3. The Kier molecular flexibility index (Phi) is 4.27. The number of halogens is 2. The van der Waals surface area contributed by atoms with Crippen LogP contribution in [0.3, 0.4) is 0 Å². The fraction of sp³-hybridized carbons (Fsp3) is 0.350. The molecule has 0 saturated carbocycles. The van der Waals surface area contributed by atoms with Gasteiger partial charge in [-0.1, -0.05) is 47.5 Å². The minimum atomic E-state index is -0.473. The molecule has 2 aromatic carbocycles. The van der Waals surface area contributed by atoms with Gasteiger partial charge in [-0.25, -0.2) is 0 Å². The molecule has 1 atom stereocenters. The van der Waals surface area contributed by atoms with Crippen molar-refractivity contribution in [2.75, 3.05) is 11.9 Å². The normalized spacial score (nSPS) is 23.2. The van der Waals surface area contributed by atoms with Crippen molar-refractivity contribution in [1.29, 1.82) is 0 Å². The van der Waals surface area contributed by atoms with E-state index in [1.165, 1.54) is 11.1 Å². The molecular formula is C20H20Cl2N2O. The van der Waals surface area contributed by atoms with Gasteiger partial charge in [0.1, 0.15) is 0 Å². The van der Waals surface area contributed by atoms with Crippen molar-refractivity contribution in [3.05, 3.63) is 63.6 Å². The molecule has 130 valence electrons. The van der Waals surface area contributed by atoms with E-state index in [-0.39, 0.29) is 5.91 Å². The highest BCUT2D eigenvalue weighted by molar-refractivity contribution is 6.42. The molecule has 5 heteroatoms. The molecule has 0 radical (unpaired) electrons. The fourth-order valence-corrected chi connectivity index (χ4v) is 4.30. The number of benzene rings is 2. The van der Waals surface area contributed by atoms with Gasteiger partial charge in [0.2, 0.25) is 5.91 Å². The topological polar surface area (TPSA) is 32.3 Å². The zero-order valence-electron chi connectivity index (χ0n) is 14.1. The monoisotopic (exact) mass is 374 g/mol. The average molecular weight is 375 g/mol. The van der Waals surface area contributed by atoms with Crippen LogP contribution in [-0.2, 0) is 17.6 Å². The molecule has 1 saturated heterocycles. The first-order valence-electron chi connectivity index (χ1n) is 8.57. The molecule has 1 N–H and O–H groups in total. The lowest BCUT2D eigenvalue weighted by Gasteiger charge is -2.52. The van der Waals surface area contributed by atoms with E-state index in [9.17, 15) is 4.79 Å². The quantitative estimate of drug-likeness (QED) is 0.853. The van der Waals surface area contributed by atoms with Crippen LogP contribution in [0.4, 0.5) is 5.69 Å². The molecule has 1 heterocycles. The molecule has 1 aliphatic carbocycles. The van der Waals surface area contributed by atoms with Gasteiger partial charge in [0.05, 0.1) is 15.6 Å². The molecule has 2 aliphatic rings. The zero-order valence-corrected chi connectivity index (χ0v) is 15.6. The van der Waals surface area contributed by atoms with E-state index in [0.717, 1.165) is 25.8 Å². The molecule has 2 aromatic rings. The van der Waals surface area contributed by atoms with Gasteiger partial charge >= 0.3 is 0 Å². The second-order valence-corrected chi connectivity index (χ2v) is 7.95. The SMILES string of the molecule is CC1(C(=O)Nc2ccc(Cl)c(Cl)c2)CCN1C1Cc2ccccc2C1. The minimum absolute atomic E-state index is 0.0214. The van der Waals surface area contributed by atoms with Crippen molar-refractivity contribution in [3.8, 4) is 0 Å². The van der Waals surface area contributed by atoms with E-state index in [1.807, 2.05) is 6.92 Å². The molecule has 1 fully saturated rings. The summed E-state index contributed by atoms with van der Waals surface area (Å²) in [5, 5.41) is 3.94. The van der Waals surface area contributed by atoms with E-state index in [4.69, 9.17) is 23.2 Å². The van der Waals surface area contributed by atoms with Gasteiger partial charge in [0, 0.05) is 18.3 Å². The summed E-state index contributed by atoms with van der Waals surface area (Å²) >= 11 is 12.0. The molecule has 1 aliphatic heterocycles. The van der Waals surface area contributed by atoms with Crippen molar-refractivity contribution in [3.63, 3.8) is 0 Å². The van der Waals surface area contributed by atoms with E-state index < -0.39 is 5.54 Å². The Balaban J connectivity index is 1.48. The first kappa shape index (κ1) is 16.9. The van der Waals surface area contributed by atoms with Gasteiger partial charge in [-0.3, -0.25) is 9.69 Å². The highest BCUT2D eigenvalue weighted by Crippen LogP contribution is 2.38. The van der Waals surface area contributed by atoms with Crippen LogP contribution in [0, 0.1) is 0 Å². The number of anilines is 1. The highest BCUT2D eigenvalue weighted by atomic mass is 35.5. The second kappa shape index (κ2) is 6.31. The van der Waals surface area contributed by atoms with Crippen molar-refractivity contribution in [1.82, 2.24) is 4.90 Å². The molecule has 0 aromatic heterocycles. The Morgan fingerprint density at radius 2 is 1.80 bits per heavy atom. The zero-order chi connectivity index (χ0) is 17.6. The van der Waals surface area contributed by atoms with Gasteiger partial charge in [0.15, 0.2) is 0 Å². The van der Waals surface area contributed by atoms with Crippen LogP contribution in [0.15, 0.2) is 42.5 Å². The van der Waals surface area contributed by atoms with Crippen LogP contribution in [0.5, 0.6) is 0 Å². The number of hydrogen-bond acceptors (Lipinski definition) is 2. The third kappa shape index (κ3) is 2.95. The number of carbonyl (C=O) groups excluding carboxylic acids is 1. The Labute approximate surface area is 157 Å². The number of fused-ring (bicyclic) bond motifs is 1. The van der Waals surface area contributed by atoms with E-state index in [1.54, 1.807) is 18.2 Å². The van der Waals surface area contributed by atoms with Crippen molar-refractivity contribution >= 4 is 34.8 Å². The van der Waals surface area contributed by atoms with E-state index in [2.05, 4.69) is 34.5 Å². The van der Waals surface area contributed by atoms with Gasteiger partial charge in [-0.2, -0.15) is 0 Å². The number of likely N-dealkylation sites (tertiary alicyclic amines) is 1. The van der Waals surface area contributed by atoms with Crippen LogP contribution in [0.1, 0.15) is 24.5 Å². The van der Waals surface area contributed by atoms with Gasteiger partial charge in [-0.15, -0.1) is 0 Å². The van der Waals surface area contributed by atoms with Crippen molar-refractivity contribution in [2.45, 2.75) is 37.8 Å². The van der Waals surface area contributed by atoms with Gasteiger partial charge in [0.25, 0.3) is 0 Å². The number of hydrogen-bond donors (Lipinski definition) is 1. The van der Waals surface area contributed by atoms with Gasteiger partial charge in [-0.05, 0) is 55.5 Å². The van der Waals surface area contributed by atoms with Crippen LogP contribution in [0.2, 0.25) is 10.0 Å². The molecule has 4 rings (SSSR count). The number of nitrogens with zero attached hydrogens (tertiary/aromatic N) is 1. The third-order valence-corrected chi connectivity index (χ3v) is 6.35. The smallest absolute Gasteiger partial charge is 0.244 e. The minimum Gasteiger partial charge on any atom is -0.324 e. The average Bonchev–Trinajstić information content (AvgIpc) is 2.99. The summed E-state index contributed by atoms with van der Waals surface area (Å²) < 4.78 is 0. The lowest BCUT2D eigenvalue weighted by atomic mass is 9.83. The Morgan fingerprint density at radius 3 is 2.36 bits per heavy atom. The lowest BCUT2D eigenvalue weighted by molar-refractivity contribution is -0.138. The first-order chi connectivity index (χ1) is 12.0. The van der Waals surface area contributed by atoms with Crippen molar-refractivity contribution < 1.29 is 4.79 Å². The third-order valence-electron chi connectivity index (χ3n) is 5.61. The Bertz CT molecular complexity index is 813. The summed E-state index contributed by atoms with van der Waals surface area (Å²) in [7, 11) is 0. The summed E-state index contributed by atoms with van der Waals surface area (Å²) in [5.41, 5.74) is 3.03. The molecule has 0 bridgehead atoms. The highest BCUT2D eigenvalue weighted by Gasteiger charge is 2.50.